The lowest BCUT2D eigenvalue weighted by molar-refractivity contribution is 1.31. The van der Waals surface area contributed by atoms with Crippen molar-refractivity contribution in [2.45, 2.75) is 6.92 Å². The van der Waals surface area contributed by atoms with Crippen molar-refractivity contribution in [3.63, 3.8) is 0 Å². The van der Waals surface area contributed by atoms with Crippen molar-refractivity contribution in [1.29, 1.82) is 0 Å². The van der Waals surface area contributed by atoms with Crippen molar-refractivity contribution in [3.8, 4) is 11.1 Å². The van der Waals surface area contributed by atoms with Crippen LogP contribution in [-0.4, -0.2) is 12.0 Å². The van der Waals surface area contributed by atoms with Gasteiger partial charge in [-0.05, 0) is 24.6 Å². The van der Waals surface area contributed by atoms with Crippen molar-refractivity contribution in [1.82, 2.24) is 4.98 Å². The number of halogens is 1. The maximum atomic E-state index is 6.24. The fourth-order valence-corrected chi connectivity index (χ4v) is 2.11. The van der Waals surface area contributed by atoms with Crippen LogP contribution in [0.2, 0.25) is 5.02 Å². The Balaban J connectivity index is 2.67. The van der Waals surface area contributed by atoms with Gasteiger partial charge in [-0.15, -0.1) is 0 Å². The molecule has 0 aliphatic rings. The molecule has 2 aromatic rings. The van der Waals surface area contributed by atoms with E-state index < -0.39 is 0 Å². The van der Waals surface area contributed by atoms with E-state index in [-0.39, 0.29) is 0 Å². The lowest BCUT2D eigenvalue weighted by Gasteiger charge is -2.12. The lowest BCUT2D eigenvalue weighted by Crippen LogP contribution is -1.94. The van der Waals surface area contributed by atoms with Gasteiger partial charge in [-0.1, -0.05) is 23.7 Å². The number of nitrogens with one attached hydrogen (secondary N) is 1. The van der Waals surface area contributed by atoms with E-state index >= 15 is 0 Å². The number of nitrogens with zero attached hydrogens (tertiary/aromatic N) is 1. The van der Waals surface area contributed by atoms with Crippen molar-refractivity contribution >= 4 is 17.3 Å². The first-order valence-electron chi connectivity index (χ1n) is 5.11. The fourth-order valence-electron chi connectivity index (χ4n) is 1.78. The largest absolute Gasteiger partial charge is 0.386 e. The van der Waals surface area contributed by atoms with Gasteiger partial charge in [-0.3, -0.25) is 4.98 Å². The van der Waals surface area contributed by atoms with Crippen LogP contribution in [-0.2, 0) is 0 Å². The van der Waals surface area contributed by atoms with E-state index in [0.717, 1.165) is 27.4 Å². The summed E-state index contributed by atoms with van der Waals surface area (Å²) in [7, 11) is 1.88. The molecule has 0 spiro atoms. The number of pyridine rings is 1. The minimum absolute atomic E-state index is 0.766. The standard InChI is InChI=1S/C13H13ClN2/c1-9-4-3-5-11(14)13(9)10-6-7-16-8-12(10)15-2/h3-8,15H,1-2H3. The van der Waals surface area contributed by atoms with Gasteiger partial charge in [0.1, 0.15) is 0 Å². The number of aryl methyl sites for hydroxylation is 1. The third-order valence-electron chi connectivity index (χ3n) is 2.58. The molecule has 0 amide bonds. The molecule has 16 heavy (non-hydrogen) atoms. The Kier molecular flexibility index (Phi) is 3.11. The van der Waals surface area contributed by atoms with E-state index in [1.807, 2.05) is 25.2 Å². The highest BCUT2D eigenvalue weighted by Gasteiger charge is 2.09. The molecule has 1 heterocycles. The average Bonchev–Trinajstić information content (AvgIpc) is 2.29. The number of aromatic nitrogens is 1. The number of hydrogen-bond acceptors (Lipinski definition) is 2. The predicted octanol–water partition coefficient (Wildman–Crippen LogP) is 3.75. The van der Waals surface area contributed by atoms with Gasteiger partial charge < -0.3 is 5.32 Å². The van der Waals surface area contributed by atoms with Crippen LogP contribution in [0.3, 0.4) is 0 Å². The summed E-state index contributed by atoms with van der Waals surface area (Å²) in [5.41, 5.74) is 4.30. The Hall–Kier alpha value is -1.54. The van der Waals surface area contributed by atoms with E-state index in [2.05, 4.69) is 23.3 Å². The van der Waals surface area contributed by atoms with Gasteiger partial charge >= 0.3 is 0 Å². The Morgan fingerprint density at radius 1 is 1.25 bits per heavy atom. The molecule has 0 bridgehead atoms. The van der Waals surface area contributed by atoms with Crippen molar-refractivity contribution in [3.05, 3.63) is 47.2 Å². The van der Waals surface area contributed by atoms with Crippen LogP contribution in [0.15, 0.2) is 36.7 Å². The van der Waals surface area contributed by atoms with Crippen molar-refractivity contribution in [2.75, 3.05) is 12.4 Å². The van der Waals surface area contributed by atoms with Gasteiger partial charge in [-0.2, -0.15) is 0 Å². The highest BCUT2D eigenvalue weighted by Crippen LogP contribution is 2.34. The number of hydrogen-bond donors (Lipinski definition) is 1. The van der Waals surface area contributed by atoms with Gasteiger partial charge in [0.25, 0.3) is 0 Å². The van der Waals surface area contributed by atoms with E-state index in [4.69, 9.17) is 11.6 Å². The summed E-state index contributed by atoms with van der Waals surface area (Å²) < 4.78 is 0. The Morgan fingerprint density at radius 3 is 2.75 bits per heavy atom. The van der Waals surface area contributed by atoms with Crippen LogP contribution in [0, 0.1) is 6.92 Å². The normalized spacial score (nSPS) is 10.2. The number of rotatable bonds is 2. The monoisotopic (exact) mass is 232 g/mol. The second-order valence-electron chi connectivity index (χ2n) is 3.60. The van der Waals surface area contributed by atoms with Gasteiger partial charge in [0.05, 0.1) is 11.9 Å². The van der Waals surface area contributed by atoms with Crippen LogP contribution in [0.25, 0.3) is 11.1 Å². The number of benzene rings is 1. The first-order chi connectivity index (χ1) is 7.74. The lowest BCUT2D eigenvalue weighted by atomic mass is 10.0. The predicted molar refractivity (Wildman–Crippen MR) is 69.0 cm³/mol. The van der Waals surface area contributed by atoms with E-state index in [1.54, 1.807) is 12.4 Å². The highest BCUT2D eigenvalue weighted by atomic mass is 35.5. The molecule has 2 nitrogen and oxygen atoms in total. The van der Waals surface area contributed by atoms with Gasteiger partial charge in [0, 0.05) is 29.4 Å². The Bertz CT molecular complexity index is 489. The zero-order valence-corrected chi connectivity index (χ0v) is 10.0. The van der Waals surface area contributed by atoms with Crippen LogP contribution in [0.1, 0.15) is 5.56 Å². The summed E-state index contributed by atoms with van der Waals surface area (Å²) >= 11 is 6.24. The Morgan fingerprint density at radius 2 is 2.06 bits per heavy atom. The van der Waals surface area contributed by atoms with Crippen molar-refractivity contribution in [2.24, 2.45) is 0 Å². The van der Waals surface area contributed by atoms with Gasteiger partial charge in [0.2, 0.25) is 0 Å². The van der Waals surface area contributed by atoms with Crippen LogP contribution in [0.4, 0.5) is 5.69 Å². The zero-order valence-electron chi connectivity index (χ0n) is 9.29. The average molecular weight is 233 g/mol. The molecule has 3 heteroatoms. The SMILES string of the molecule is CNc1cnccc1-c1c(C)cccc1Cl. The molecule has 0 radical (unpaired) electrons. The van der Waals surface area contributed by atoms with E-state index in [0.29, 0.717) is 0 Å². The molecule has 1 aromatic carbocycles. The van der Waals surface area contributed by atoms with Crippen LogP contribution >= 0.6 is 11.6 Å². The molecule has 2 rings (SSSR count). The molecule has 0 aliphatic heterocycles. The highest BCUT2D eigenvalue weighted by molar-refractivity contribution is 6.33. The summed E-state index contributed by atoms with van der Waals surface area (Å²) in [6.45, 7) is 2.06. The van der Waals surface area contributed by atoms with Crippen molar-refractivity contribution < 1.29 is 0 Å². The second kappa shape index (κ2) is 4.54. The molecule has 82 valence electrons. The van der Waals surface area contributed by atoms with Gasteiger partial charge in [-0.25, -0.2) is 0 Å². The van der Waals surface area contributed by atoms with E-state index in [9.17, 15) is 0 Å². The third-order valence-corrected chi connectivity index (χ3v) is 2.90. The zero-order chi connectivity index (χ0) is 11.5. The molecule has 1 aromatic heterocycles. The molecule has 0 fully saturated rings. The molecule has 0 saturated heterocycles. The Labute approximate surface area is 100 Å². The maximum absolute atomic E-state index is 6.24. The summed E-state index contributed by atoms with van der Waals surface area (Å²) in [5.74, 6) is 0. The summed E-state index contributed by atoms with van der Waals surface area (Å²) in [6, 6.07) is 7.90. The van der Waals surface area contributed by atoms with Gasteiger partial charge in [0.15, 0.2) is 0 Å². The number of anilines is 1. The summed E-state index contributed by atoms with van der Waals surface area (Å²) in [6.07, 6.45) is 3.58. The first-order valence-corrected chi connectivity index (χ1v) is 5.49. The smallest absolute Gasteiger partial charge is 0.0604 e. The minimum Gasteiger partial charge on any atom is -0.386 e. The van der Waals surface area contributed by atoms with E-state index in [1.165, 1.54) is 0 Å². The minimum atomic E-state index is 0.766. The first kappa shape index (κ1) is 11.0. The quantitative estimate of drug-likeness (QED) is 0.853. The molecule has 0 aliphatic carbocycles. The topological polar surface area (TPSA) is 24.9 Å². The molecule has 0 atom stereocenters. The third kappa shape index (κ3) is 1.89. The molecular formula is C13H13ClN2. The summed E-state index contributed by atoms with van der Waals surface area (Å²) in [5, 5.41) is 3.89. The van der Waals surface area contributed by atoms with Crippen LogP contribution in [0.5, 0.6) is 0 Å². The second-order valence-corrected chi connectivity index (χ2v) is 4.01. The van der Waals surface area contributed by atoms with Crippen LogP contribution < -0.4 is 5.32 Å². The molecule has 1 N–H and O–H groups in total. The maximum Gasteiger partial charge on any atom is 0.0604 e. The molecular weight excluding hydrogens is 220 g/mol. The fraction of sp³-hybridized carbons (Fsp3) is 0.154. The summed E-state index contributed by atoms with van der Waals surface area (Å²) in [4.78, 5) is 4.10. The molecule has 0 saturated carbocycles. The molecule has 0 unspecified atom stereocenters.